The van der Waals surface area contributed by atoms with Gasteiger partial charge in [0.1, 0.15) is 17.6 Å². The van der Waals surface area contributed by atoms with E-state index >= 15 is 0 Å². The van der Waals surface area contributed by atoms with E-state index in [1.165, 1.54) is 16.7 Å². The third kappa shape index (κ3) is 2.22. The number of fused-ring (bicyclic) bond motifs is 1. The highest BCUT2D eigenvalue weighted by Gasteiger charge is 2.29. The minimum absolute atomic E-state index is 0.114. The molecule has 0 saturated heterocycles. The Bertz CT molecular complexity index is 684. The Labute approximate surface area is 119 Å². The van der Waals surface area contributed by atoms with E-state index in [-0.39, 0.29) is 5.60 Å². The lowest BCUT2D eigenvalue weighted by Gasteiger charge is -2.16. The molecule has 1 heterocycles. The molecule has 102 valence electrons. The summed E-state index contributed by atoms with van der Waals surface area (Å²) in [6.45, 7) is 6.25. The zero-order valence-electron chi connectivity index (χ0n) is 12.1. The van der Waals surface area contributed by atoms with Crippen molar-refractivity contribution < 1.29 is 9.53 Å². The molecule has 0 aromatic heterocycles. The molecular weight excluding hydrogens is 248 g/mol. The van der Waals surface area contributed by atoms with E-state index in [1.54, 1.807) is 0 Å². The average molecular weight is 266 g/mol. The van der Waals surface area contributed by atoms with Gasteiger partial charge in [-0.1, -0.05) is 18.2 Å². The summed E-state index contributed by atoms with van der Waals surface area (Å²) < 4.78 is 5.91. The SMILES string of the molecule is Cc1cc(C=O)ccc1-c1ccc2c(c1)CC(C)(C)O2. The summed E-state index contributed by atoms with van der Waals surface area (Å²) >= 11 is 0. The van der Waals surface area contributed by atoms with Crippen LogP contribution in [0.25, 0.3) is 11.1 Å². The molecule has 0 atom stereocenters. The number of carbonyl (C=O) groups is 1. The molecule has 0 spiro atoms. The Balaban J connectivity index is 2.03. The van der Waals surface area contributed by atoms with Crippen molar-refractivity contribution in [1.82, 2.24) is 0 Å². The Morgan fingerprint density at radius 2 is 1.95 bits per heavy atom. The van der Waals surface area contributed by atoms with Gasteiger partial charge in [-0.25, -0.2) is 0 Å². The molecule has 2 aromatic rings. The molecule has 0 saturated carbocycles. The van der Waals surface area contributed by atoms with Gasteiger partial charge in [0.15, 0.2) is 0 Å². The van der Waals surface area contributed by atoms with Crippen molar-refractivity contribution in [3.63, 3.8) is 0 Å². The first-order valence-electron chi connectivity index (χ1n) is 6.87. The molecule has 3 rings (SSSR count). The van der Waals surface area contributed by atoms with Crippen LogP contribution in [-0.2, 0) is 6.42 Å². The van der Waals surface area contributed by atoms with Crippen LogP contribution in [0.15, 0.2) is 36.4 Å². The molecular formula is C18H18O2. The molecule has 1 aliphatic heterocycles. The molecule has 20 heavy (non-hydrogen) atoms. The molecule has 2 aromatic carbocycles. The van der Waals surface area contributed by atoms with Crippen molar-refractivity contribution in [3.8, 4) is 16.9 Å². The number of aryl methyl sites for hydroxylation is 1. The van der Waals surface area contributed by atoms with Gasteiger partial charge in [0.05, 0.1) is 0 Å². The predicted octanol–water partition coefficient (Wildman–Crippen LogP) is 4.19. The van der Waals surface area contributed by atoms with Gasteiger partial charge in [0, 0.05) is 12.0 Å². The Morgan fingerprint density at radius 1 is 1.15 bits per heavy atom. The van der Waals surface area contributed by atoms with E-state index in [4.69, 9.17) is 4.74 Å². The normalized spacial score (nSPS) is 15.6. The van der Waals surface area contributed by atoms with Crippen LogP contribution in [0.2, 0.25) is 0 Å². The van der Waals surface area contributed by atoms with Crippen molar-refractivity contribution >= 4 is 6.29 Å². The van der Waals surface area contributed by atoms with Gasteiger partial charge >= 0.3 is 0 Å². The standard InChI is InChI=1S/C18H18O2/c1-12-8-13(11-19)4-6-16(12)14-5-7-17-15(9-14)10-18(2,3)20-17/h4-9,11H,10H2,1-3H3. The summed E-state index contributed by atoms with van der Waals surface area (Å²) in [4.78, 5) is 10.8. The first-order valence-corrected chi connectivity index (χ1v) is 6.87. The van der Waals surface area contributed by atoms with Crippen LogP contribution in [-0.4, -0.2) is 11.9 Å². The lowest BCUT2D eigenvalue weighted by Crippen LogP contribution is -2.24. The first kappa shape index (κ1) is 12.9. The quantitative estimate of drug-likeness (QED) is 0.762. The van der Waals surface area contributed by atoms with E-state index in [9.17, 15) is 4.79 Å². The molecule has 0 unspecified atom stereocenters. The number of carbonyl (C=O) groups excluding carboxylic acids is 1. The predicted molar refractivity (Wildman–Crippen MR) is 80.4 cm³/mol. The molecule has 0 radical (unpaired) electrons. The summed E-state index contributed by atoms with van der Waals surface area (Å²) in [5.74, 6) is 0.987. The number of ether oxygens (including phenoxy) is 1. The largest absolute Gasteiger partial charge is 0.487 e. The number of rotatable bonds is 2. The smallest absolute Gasteiger partial charge is 0.150 e. The molecule has 1 aliphatic rings. The fourth-order valence-corrected chi connectivity index (χ4v) is 2.86. The van der Waals surface area contributed by atoms with Crippen LogP contribution >= 0.6 is 0 Å². The van der Waals surface area contributed by atoms with Crippen LogP contribution in [0, 0.1) is 6.92 Å². The molecule has 2 heteroatoms. The molecule has 0 amide bonds. The van der Waals surface area contributed by atoms with E-state index in [2.05, 4.69) is 26.0 Å². The average Bonchev–Trinajstić information content (AvgIpc) is 2.71. The summed E-state index contributed by atoms with van der Waals surface area (Å²) in [6.07, 6.45) is 1.82. The third-order valence-electron chi connectivity index (χ3n) is 3.76. The van der Waals surface area contributed by atoms with Gasteiger partial charge in [-0.2, -0.15) is 0 Å². The number of hydrogen-bond donors (Lipinski definition) is 0. The maximum atomic E-state index is 10.8. The maximum Gasteiger partial charge on any atom is 0.150 e. The Kier molecular flexibility index (Phi) is 2.89. The van der Waals surface area contributed by atoms with Gasteiger partial charge in [0.25, 0.3) is 0 Å². The van der Waals surface area contributed by atoms with Gasteiger partial charge in [-0.15, -0.1) is 0 Å². The van der Waals surface area contributed by atoms with Gasteiger partial charge in [0.2, 0.25) is 0 Å². The van der Waals surface area contributed by atoms with Gasteiger partial charge < -0.3 is 4.74 Å². The fraction of sp³-hybridized carbons (Fsp3) is 0.278. The van der Waals surface area contributed by atoms with E-state index in [0.29, 0.717) is 0 Å². The number of hydrogen-bond acceptors (Lipinski definition) is 2. The molecule has 2 nitrogen and oxygen atoms in total. The molecule has 0 fully saturated rings. The van der Waals surface area contributed by atoms with Crippen molar-refractivity contribution in [1.29, 1.82) is 0 Å². The summed E-state index contributed by atoms with van der Waals surface area (Å²) in [5, 5.41) is 0. The minimum Gasteiger partial charge on any atom is -0.487 e. The zero-order valence-corrected chi connectivity index (χ0v) is 12.1. The lowest BCUT2D eigenvalue weighted by atomic mass is 9.95. The Hall–Kier alpha value is -2.09. The second-order valence-electron chi connectivity index (χ2n) is 6.05. The third-order valence-corrected chi connectivity index (χ3v) is 3.76. The fourth-order valence-electron chi connectivity index (χ4n) is 2.86. The van der Waals surface area contributed by atoms with Crippen molar-refractivity contribution in [3.05, 3.63) is 53.1 Å². The molecule has 0 N–H and O–H groups in total. The summed E-state index contributed by atoms with van der Waals surface area (Å²) in [7, 11) is 0. The van der Waals surface area contributed by atoms with Crippen LogP contribution < -0.4 is 4.74 Å². The van der Waals surface area contributed by atoms with E-state index < -0.39 is 0 Å². The van der Waals surface area contributed by atoms with Crippen molar-refractivity contribution in [2.45, 2.75) is 32.8 Å². The van der Waals surface area contributed by atoms with E-state index in [0.717, 1.165) is 29.6 Å². The zero-order chi connectivity index (χ0) is 14.3. The first-order chi connectivity index (χ1) is 9.48. The summed E-state index contributed by atoms with van der Waals surface area (Å²) in [5.41, 5.74) is 5.33. The molecule has 0 aliphatic carbocycles. The van der Waals surface area contributed by atoms with Crippen molar-refractivity contribution in [2.24, 2.45) is 0 Å². The maximum absolute atomic E-state index is 10.8. The van der Waals surface area contributed by atoms with Gasteiger partial charge in [-0.3, -0.25) is 4.79 Å². The monoisotopic (exact) mass is 266 g/mol. The number of benzene rings is 2. The second kappa shape index (κ2) is 4.48. The van der Waals surface area contributed by atoms with Gasteiger partial charge in [-0.05, 0) is 61.2 Å². The summed E-state index contributed by atoms with van der Waals surface area (Å²) in [6, 6.07) is 12.1. The second-order valence-corrected chi connectivity index (χ2v) is 6.05. The number of aldehydes is 1. The highest BCUT2D eigenvalue weighted by atomic mass is 16.5. The van der Waals surface area contributed by atoms with Crippen molar-refractivity contribution in [2.75, 3.05) is 0 Å². The van der Waals surface area contributed by atoms with Crippen LogP contribution in [0.3, 0.4) is 0 Å². The highest BCUT2D eigenvalue weighted by Crippen LogP contribution is 2.37. The van der Waals surface area contributed by atoms with Crippen LogP contribution in [0.4, 0.5) is 0 Å². The van der Waals surface area contributed by atoms with Crippen LogP contribution in [0.5, 0.6) is 5.75 Å². The highest BCUT2D eigenvalue weighted by molar-refractivity contribution is 5.79. The molecule has 0 bridgehead atoms. The Morgan fingerprint density at radius 3 is 2.65 bits per heavy atom. The van der Waals surface area contributed by atoms with E-state index in [1.807, 2.05) is 31.2 Å². The minimum atomic E-state index is -0.114. The van der Waals surface area contributed by atoms with Crippen LogP contribution in [0.1, 0.15) is 35.3 Å². The topological polar surface area (TPSA) is 26.3 Å². The lowest BCUT2D eigenvalue weighted by molar-refractivity contribution is 0.112.